The molecular formula is C7H11NO. The van der Waals surface area contributed by atoms with Crippen molar-refractivity contribution < 1.29 is 5.11 Å². The molecule has 3 N–H and O–H groups in total. The van der Waals surface area contributed by atoms with Gasteiger partial charge in [0.15, 0.2) is 0 Å². The molecule has 0 radical (unpaired) electrons. The molecule has 1 aliphatic carbocycles. The first kappa shape index (κ1) is 6.52. The number of hydrogen-bond donors (Lipinski definition) is 2. The van der Waals surface area contributed by atoms with Gasteiger partial charge in [0, 0.05) is 0 Å². The highest BCUT2D eigenvalue weighted by atomic mass is 16.3. The second-order valence-electron chi connectivity index (χ2n) is 2.34. The third-order valence-corrected chi connectivity index (χ3v) is 1.41. The standard InChI is InChI=1S/C7H11NO/c1-5-2-3-7(9)6(8)4-5/h2-4,6-7,9H,8H2,1H3. The van der Waals surface area contributed by atoms with Gasteiger partial charge in [0.25, 0.3) is 0 Å². The van der Waals surface area contributed by atoms with Crippen LogP contribution >= 0.6 is 0 Å². The van der Waals surface area contributed by atoms with Gasteiger partial charge in [-0.2, -0.15) is 0 Å². The second-order valence-corrected chi connectivity index (χ2v) is 2.34. The lowest BCUT2D eigenvalue weighted by molar-refractivity contribution is 0.206. The maximum absolute atomic E-state index is 9.04. The predicted molar refractivity (Wildman–Crippen MR) is 36.9 cm³/mol. The van der Waals surface area contributed by atoms with Crippen molar-refractivity contribution in [2.24, 2.45) is 5.73 Å². The highest BCUT2D eigenvalue weighted by Crippen LogP contribution is 2.07. The van der Waals surface area contributed by atoms with E-state index in [0.717, 1.165) is 5.57 Å². The largest absolute Gasteiger partial charge is 0.387 e. The van der Waals surface area contributed by atoms with E-state index in [1.165, 1.54) is 0 Å². The van der Waals surface area contributed by atoms with Crippen LogP contribution in [0.3, 0.4) is 0 Å². The summed E-state index contributed by atoms with van der Waals surface area (Å²) in [5.41, 5.74) is 6.61. The average molecular weight is 125 g/mol. The third kappa shape index (κ3) is 1.40. The van der Waals surface area contributed by atoms with Gasteiger partial charge in [-0.15, -0.1) is 0 Å². The number of aliphatic hydroxyl groups is 1. The molecule has 2 heteroatoms. The van der Waals surface area contributed by atoms with E-state index in [4.69, 9.17) is 10.8 Å². The quantitative estimate of drug-likeness (QED) is 0.485. The average Bonchev–Trinajstić information content (AvgIpc) is 1.80. The first-order chi connectivity index (χ1) is 4.20. The summed E-state index contributed by atoms with van der Waals surface area (Å²) in [6.07, 6.45) is 4.94. The van der Waals surface area contributed by atoms with Gasteiger partial charge in [-0.05, 0) is 6.92 Å². The van der Waals surface area contributed by atoms with Gasteiger partial charge >= 0.3 is 0 Å². The molecule has 0 bridgehead atoms. The SMILES string of the molecule is CC1=CC(N)C(O)C=C1. The van der Waals surface area contributed by atoms with Crippen LogP contribution in [0.2, 0.25) is 0 Å². The molecule has 0 heterocycles. The van der Waals surface area contributed by atoms with Crippen molar-refractivity contribution in [3.8, 4) is 0 Å². The lowest BCUT2D eigenvalue weighted by Crippen LogP contribution is -2.32. The zero-order valence-corrected chi connectivity index (χ0v) is 5.41. The number of nitrogens with two attached hydrogens (primary N) is 1. The van der Waals surface area contributed by atoms with Gasteiger partial charge in [0.2, 0.25) is 0 Å². The highest BCUT2D eigenvalue weighted by molar-refractivity contribution is 5.25. The normalized spacial score (nSPS) is 34.3. The van der Waals surface area contributed by atoms with E-state index >= 15 is 0 Å². The van der Waals surface area contributed by atoms with Crippen LogP contribution in [0.1, 0.15) is 6.92 Å². The van der Waals surface area contributed by atoms with Crippen molar-refractivity contribution in [1.82, 2.24) is 0 Å². The van der Waals surface area contributed by atoms with Crippen LogP contribution in [-0.2, 0) is 0 Å². The molecule has 1 rings (SSSR count). The minimum atomic E-state index is -0.492. The van der Waals surface area contributed by atoms with Crippen molar-refractivity contribution in [2.75, 3.05) is 0 Å². The molecule has 2 atom stereocenters. The molecule has 1 aliphatic rings. The van der Waals surface area contributed by atoms with Crippen LogP contribution in [0, 0.1) is 0 Å². The molecule has 0 amide bonds. The maximum atomic E-state index is 9.04. The fourth-order valence-electron chi connectivity index (χ4n) is 0.836. The molecule has 0 saturated carbocycles. The highest BCUT2D eigenvalue weighted by Gasteiger charge is 2.11. The molecule has 50 valence electrons. The van der Waals surface area contributed by atoms with Gasteiger partial charge in [-0.1, -0.05) is 23.8 Å². The van der Waals surface area contributed by atoms with E-state index in [9.17, 15) is 0 Å². The Balaban J connectivity index is 2.70. The van der Waals surface area contributed by atoms with Gasteiger partial charge in [0.1, 0.15) is 0 Å². The first-order valence-corrected chi connectivity index (χ1v) is 3.00. The summed E-state index contributed by atoms with van der Waals surface area (Å²) in [6.45, 7) is 1.96. The lowest BCUT2D eigenvalue weighted by atomic mass is 10.0. The van der Waals surface area contributed by atoms with E-state index < -0.39 is 6.10 Å². The monoisotopic (exact) mass is 125 g/mol. The molecule has 0 aromatic heterocycles. The Hall–Kier alpha value is -0.600. The van der Waals surface area contributed by atoms with Crippen molar-refractivity contribution >= 4 is 0 Å². The molecule has 9 heavy (non-hydrogen) atoms. The summed E-state index contributed by atoms with van der Waals surface area (Å²) in [4.78, 5) is 0. The fraction of sp³-hybridized carbons (Fsp3) is 0.429. The second kappa shape index (κ2) is 2.33. The van der Waals surface area contributed by atoms with Crippen LogP contribution in [-0.4, -0.2) is 17.3 Å². The van der Waals surface area contributed by atoms with E-state index in [0.29, 0.717) is 0 Å². The van der Waals surface area contributed by atoms with Gasteiger partial charge in [-0.3, -0.25) is 0 Å². The van der Waals surface area contributed by atoms with Crippen molar-refractivity contribution in [1.29, 1.82) is 0 Å². The smallest absolute Gasteiger partial charge is 0.0910 e. The number of hydrogen-bond acceptors (Lipinski definition) is 2. The summed E-state index contributed by atoms with van der Waals surface area (Å²) >= 11 is 0. The Morgan fingerprint density at radius 1 is 1.67 bits per heavy atom. The van der Waals surface area contributed by atoms with E-state index in [2.05, 4.69) is 0 Å². The molecule has 2 unspecified atom stereocenters. The van der Waals surface area contributed by atoms with Crippen LogP contribution in [0.5, 0.6) is 0 Å². The Labute approximate surface area is 54.7 Å². The Kier molecular flexibility index (Phi) is 1.69. The fourth-order valence-corrected chi connectivity index (χ4v) is 0.836. The summed E-state index contributed by atoms with van der Waals surface area (Å²) < 4.78 is 0. The van der Waals surface area contributed by atoms with Crippen molar-refractivity contribution in [3.05, 3.63) is 23.8 Å². The Morgan fingerprint density at radius 2 is 2.33 bits per heavy atom. The number of aliphatic hydroxyl groups excluding tert-OH is 1. The molecular weight excluding hydrogens is 114 g/mol. The van der Waals surface area contributed by atoms with Crippen LogP contribution in [0.15, 0.2) is 23.8 Å². The minimum Gasteiger partial charge on any atom is -0.387 e. The summed E-state index contributed by atoms with van der Waals surface area (Å²) in [6, 6.07) is -0.213. The van der Waals surface area contributed by atoms with Gasteiger partial charge in [-0.25, -0.2) is 0 Å². The summed E-state index contributed by atoms with van der Waals surface area (Å²) in [7, 11) is 0. The van der Waals surface area contributed by atoms with E-state index in [1.54, 1.807) is 6.08 Å². The molecule has 0 aromatic rings. The van der Waals surface area contributed by atoms with E-state index in [-0.39, 0.29) is 6.04 Å². The first-order valence-electron chi connectivity index (χ1n) is 3.00. The molecule has 0 saturated heterocycles. The molecule has 0 spiro atoms. The van der Waals surface area contributed by atoms with Gasteiger partial charge < -0.3 is 10.8 Å². The number of rotatable bonds is 0. The minimum absolute atomic E-state index is 0.213. The van der Waals surface area contributed by atoms with Crippen LogP contribution in [0.25, 0.3) is 0 Å². The molecule has 2 nitrogen and oxygen atoms in total. The van der Waals surface area contributed by atoms with Crippen molar-refractivity contribution in [3.63, 3.8) is 0 Å². The molecule has 0 aromatic carbocycles. The zero-order valence-electron chi connectivity index (χ0n) is 5.41. The van der Waals surface area contributed by atoms with E-state index in [1.807, 2.05) is 19.1 Å². The Bertz CT molecular complexity index is 160. The lowest BCUT2D eigenvalue weighted by Gasteiger charge is -2.15. The molecule has 0 fully saturated rings. The maximum Gasteiger partial charge on any atom is 0.0910 e. The topological polar surface area (TPSA) is 46.2 Å². The van der Waals surface area contributed by atoms with Crippen LogP contribution in [0.4, 0.5) is 0 Å². The number of allylic oxidation sites excluding steroid dienone is 2. The Morgan fingerprint density at radius 3 is 2.78 bits per heavy atom. The summed E-state index contributed by atoms with van der Waals surface area (Å²) in [5.74, 6) is 0. The molecule has 0 aliphatic heterocycles. The third-order valence-electron chi connectivity index (χ3n) is 1.41. The summed E-state index contributed by atoms with van der Waals surface area (Å²) in [5, 5.41) is 9.04. The van der Waals surface area contributed by atoms with Crippen LogP contribution < -0.4 is 5.73 Å². The van der Waals surface area contributed by atoms with Crippen molar-refractivity contribution in [2.45, 2.75) is 19.1 Å². The zero-order chi connectivity index (χ0) is 6.85. The predicted octanol–water partition coefficient (Wildman–Crippen LogP) is 0.191. The van der Waals surface area contributed by atoms with Gasteiger partial charge in [0.05, 0.1) is 12.1 Å².